The Hall–Kier alpha value is -0.300. The van der Waals surface area contributed by atoms with Gasteiger partial charge < -0.3 is 5.32 Å². The second kappa shape index (κ2) is 4.28. The Morgan fingerprint density at radius 1 is 1.46 bits per heavy atom. The van der Waals surface area contributed by atoms with Gasteiger partial charge in [-0.3, -0.25) is 0 Å². The lowest BCUT2D eigenvalue weighted by Crippen LogP contribution is -2.35. The zero-order chi connectivity index (χ0) is 9.90. The molecule has 13 heavy (non-hydrogen) atoms. The van der Waals surface area contributed by atoms with E-state index in [-0.39, 0.29) is 0 Å². The maximum Gasteiger partial charge on any atom is 0.0306 e. The fourth-order valence-corrected chi connectivity index (χ4v) is 1.65. The molecule has 1 heteroatoms. The molecule has 0 saturated heterocycles. The van der Waals surface area contributed by atoms with Crippen LogP contribution in [0.3, 0.4) is 0 Å². The second-order valence-corrected chi connectivity index (χ2v) is 4.83. The molecule has 0 amide bonds. The molecule has 1 fully saturated rings. The Labute approximate surface area is 82.6 Å². The van der Waals surface area contributed by atoms with E-state index in [1.807, 2.05) is 0 Å². The minimum absolute atomic E-state index is 0.562. The predicted molar refractivity (Wildman–Crippen MR) is 58.9 cm³/mol. The van der Waals surface area contributed by atoms with Crippen molar-refractivity contribution < 1.29 is 0 Å². The number of hydrogen-bond donors (Lipinski definition) is 1. The van der Waals surface area contributed by atoms with Crippen LogP contribution in [-0.2, 0) is 0 Å². The molecule has 0 aromatic heterocycles. The van der Waals surface area contributed by atoms with Crippen LogP contribution in [0, 0.1) is 5.41 Å². The maximum atomic E-state index is 3.63. The molecule has 1 nitrogen and oxygen atoms in total. The van der Waals surface area contributed by atoms with Gasteiger partial charge in [0.15, 0.2) is 0 Å². The normalized spacial score (nSPS) is 20.9. The first-order valence-electron chi connectivity index (χ1n) is 5.47. The van der Waals surface area contributed by atoms with Crippen molar-refractivity contribution in [3.63, 3.8) is 0 Å². The molecule has 1 atom stereocenters. The lowest BCUT2D eigenvalue weighted by molar-refractivity contribution is 0.415. The summed E-state index contributed by atoms with van der Waals surface area (Å²) < 4.78 is 0. The highest BCUT2D eigenvalue weighted by atomic mass is 14.9. The number of allylic oxidation sites excluding steroid dienone is 1. The molecule has 1 N–H and O–H groups in total. The van der Waals surface area contributed by atoms with E-state index in [0.29, 0.717) is 11.5 Å². The highest BCUT2D eigenvalue weighted by molar-refractivity contribution is 5.11. The van der Waals surface area contributed by atoms with Crippen molar-refractivity contribution >= 4 is 0 Å². The smallest absolute Gasteiger partial charge is 0.0306 e. The summed E-state index contributed by atoms with van der Waals surface area (Å²) >= 11 is 0. The Morgan fingerprint density at radius 3 is 2.46 bits per heavy atom. The fraction of sp³-hybridized carbons (Fsp3) is 0.833. The van der Waals surface area contributed by atoms with Crippen LogP contribution in [0.5, 0.6) is 0 Å². The molecule has 0 aromatic carbocycles. The average Bonchev–Trinajstić information content (AvgIpc) is 2.78. The first-order valence-corrected chi connectivity index (χ1v) is 5.47. The van der Waals surface area contributed by atoms with Crippen molar-refractivity contribution in [1.29, 1.82) is 0 Å². The number of nitrogens with one attached hydrogen (secondary N) is 1. The molecule has 1 aliphatic carbocycles. The van der Waals surface area contributed by atoms with Gasteiger partial charge in [0, 0.05) is 6.04 Å². The summed E-state index contributed by atoms with van der Waals surface area (Å²) in [4.78, 5) is 0. The largest absolute Gasteiger partial charge is 0.310 e. The molecule has 0 aliphatic heterocycles. The van der Waals surface area contributed by atoms with Gasteiger partial charge in [0.2, 0.25) is 0 Å². The summed E-state index contributed by atoms with van der Waals surface area (Å²) in [7, 11) is 0. The van der Waals surface area contributed by atoms with Gasteiger partial charge in [0.05, 0.1) is 0 Å². The summed E-state index contributed by atoms with van der Waals surface area (Å²) in [6, 6.07) is 0.609. The maximum absolute atomic E-state index is 3.63. The van der Waals surface area contributed by atoms with E-state index in [1.165, 1.54) is 24.8 Å². The van der Waals surface area contributed by atoms with Crippen LogP contribution in [0.25, 0.3) is 0 Å². The van der Waals surface area contributed by atoms with Gasteiger partial charge in [-0.15, -0.1) is 0 Å². The van der Waals surface area contributed by atoms with Crippen molar-refractivity contribution in [2.24, 2.45) is 5.41 Å². The van der Waals surface area contributed by atoms with Gasteiger partial charge in [0.1, 0.15) is 0 Å². The first-order chi connectivity index (χ1) is 6.08. The Bertz CT molecular complexity index is 185. The van der Waals surface area contributed by atoms with Crippen LogP contribution >= 0.6 is 0 Å². The minimum atomic E-state index is 0.562. The molecule has 0 heterocycles. The number of rotatable bonds is 5. The molecular weight excluding hydrogens is 158 g/mol. The fourth-order valence-electron chi connectivity index (χ4n) is 1.65. The van der Waals surface area contributed by atoms with E-state index in [0.717, 1.165) is 6.54 Å². The van der Waals surface area contributed by atoms with Crippen LogP contribution in [0.15, 0.2) is 11.6 Å². The van der Waals surface area contributed by atoms with Crippen molar-refractivity contribution in [2.45, 2.75) is 53.0 Å². The zero-order valence-corrected chi connectivity index (χ0v) is 9.48. The van der Waals surface area contributed by atoms with E-state index in [9.17, 15) is 0 Å². The van der Waals surface area contributed by atoms with Gasteiger partial charge in [-0.25, -0.2) is 0 Å². The van der Waals surface area contributed by atoms with Crippen LogP contribution in [0.2, 0.25) is 0 Å². The lowest BCUT2D eigenvalue weighted by Gasteiger charge is -2.22. The molecule has 0 aromatic rings. The zero-order valence-electron chi connectivity index (χ0n) is 9.48. The Morgan fingerprint density at radius 2 is 2.08 bits per heavy atom. The van der Waals surface area contributed by atoms with Gasteiger partial charge in [-0.05, 0) is 45.1 Å². The van der Waals surface area contributed by atoms with Crippen molar-refractivity contribution in [2.75, 3.05) is 6.54 Å². The van der Waals surface area contributed by atoms with Crippen LogP contribution in [-0.4, -0.2) is 12.6 Å². The SMILES string of the molecule is CCCNC(C=C(C)C)C1(C)CC1. The second-order valence-electron chi connectivity index (χ2n) is 4.83. The van der Waals surface area contributed by atoms with E-state index in [4.69, 9.17) is 0 Å². The van der Waals surface area contributed by atoms with Crippen LogP contribution < -0.4 is 5.32 Å². The summed E-state index contributed by atoms with van der Waals surface area (Å²) in [5.41, 5.74) is 1.99. The van der Waals surface area contributed by atoms with Gasteiger partial charge >= 0.3 is 0 Å². The van der Waals surface area contributed by atoms with E-state index in [1.54, 1.807) is 0 Å². The quantitative estimate of drug-likeness (QED) is 0.643. The minimum Gasteiger partial charge on any atom is -0.310 e. The summed E-state index contributed by atoms with van der Waals surface area (Å²) in [6.07, 6.45) is 6.39. The summed E-state index contributed by atoms with van der Waals surface area (Å²) in [5, 5.41) is 3.63. The van der Waals surface area contributed by atoms with Crippen molar-refractivity contribution in [3.8, 4) is 0 Å². The Kier molecular flexibility index (Phi) is 3.55. The molecule has 0 bridgehead atoms. The van der Waals surface area contributed by atoms with E-state index in [2.05, 4.69) is 39.1 Å². The molecular formula is C12H23N. The van der Waals surface area contributed by atoms with Gasteiger partial charge in [0.25, 0.3) is 0 Å². The van der Waals surface area contributed by atoms with E-state index < -0.39 is 0 Å². The van der Waals surface area contributed by atoms with Gasteiger partial charge in [-0.1, -0.05) is 25.5 Å². The van der Waals surface area contributed by atoms with Crippen molar-refractivity contribution in [1.82, 2.24) is 5.32 Å². The third kappa shape index (κ3) is 3.15. The molecule has 1 aliphatic rings. The summed E-state index contributed by atoms with van der Waals surface area (Å²) in [6.45, 7) is 10.1. The van der Waals surface area contributed by atoms with Crippen molar-refractivity contribution in [3.05, 3.63) is 11.6 Å². The standard InChI is InChI=1S/C12H23N/c1-5-8-13-11(9-10(2)3)12(4)6-7-12/h9,11,13H,5-8H2,1-4H3. The third-order valence-corrected chi connectivity index (χ3v) is 2.90. The van der Waals surface area contributed by atoms with Crippen LogP contribution in [0.4, 0.5) is 0 Å². The highest BCUT2D eigenvalue weighted by Gasteiger charge is 2.43. The monoisotopic (exact) mass is 181 g/mol. The van der Waals surface area contributed by atoms with Crippen LogP contribution in [0.1, 0.15) is 47.0 Å². The van der Waals surface area contributed by atoms with E-state index >= 15 is 0 Å². The first kappa shape index (κ1) is 10.8. The summed E-state index contributed by atoms with van der Waals surface area (Å²) in [5.74, 6) is 0. The Balaban J connectivity index is 2.49. The molecule has 1 saturated carbocycles. The molecule has 1 rings (SSSR count). The number of hydrogen-bond acceptors (Lipinski definition) is 1. The molecule has 0 spiro atoms. The average molecular weight is 181 g/mol. The third-order valence-electron chi connectivity index (χ3n) is 2.90. The molecule has 1 unspecified atom stereocenters. The molecule has 0 radical (unpaired) electrons. The topological polar surface area (TPSA) is 12.0 Å². The highest BCUT2D eigenvalue weighted by Crippen LogP contribution is 2.48. The van der Waals surface area contributed by atoms with Gasteiger partial charge in [-0.2, -0.15) is 0 Å². The molecule has 76 valence electrons. The predicted octanol–water partition coefficient (Wildman–Crippen LogP) is 3.12. The lowest BCUT2D eigenvalue weighted by atomic mass is 9.97.